The second kappa shape index (κ2) is 7.05. The van der Waals surface area contributed by atoms with Crippen LogP contribution in [0.4, 0.5) is 0 Å². The highest BCUT2D eigenvalue weighted by Gasteiger charge is 2.28. The number of ether oxygens (including phenoxy) is 1. The SMILES string of the molecule is COc1ccc(Br)c(CS(=O)C(C(=O)O)C(C)C)c1. The minimum atomic E-state index is -1.47. The number of halogens is 1. The lowest BCUT2D eigenvalue weighted by molar-refractivity contribution is -0.137. The summed E-state index contributed by atoms with van der Waals surface area (Å²) in [5.41, 5.74) is 0.782. The molecule has 0 heterocycles. The standard InChI is InChI=1S/C13H17BrO4S/c1-8(2)12(13(15)16)19(17)7-9-6-10(18-3)4-5-11(9)14/h4-6,8,12H,7H2,1-3H3,(H,15,16). The number of benzene rings is 1. The highest BCUT2D eigenvalue weighted by Crippen LogP contribution is 2.25. The molecule has 1 rings (SSSR count). The third kappa shape index (κ3) is 4.31. The summed E-state index contributed by atoms with van der Waals surface area (Å²) in [6, 6.07) is 5.35. The molecule has 0 spiro atoms. The van der Waals surface area contributed by atoms with Gasteiger partial charge in [0.15, 0.2) is 0 Å². The van der Waals surface area contributed by atoms with Gasteiger partial charge in [-0.15, -0.1) is 0 Å². The molecule has 0 saturated heterocycles. The number of hydrogen-bond donors (Lipinski definition) is 1. The molecular formula is C13H17BrO4S. The summed E-state index contributed by atoms with van der Waals surface area (Å²) in [6.45, 7) is 3.52. The average molecular weight is 349 g/mol. The monoisotopic (exact) mass is 348 g/mol. The molecule has 0 fully saturated rings. The molecule has 1 N–H and O–H groups in total. The van der Waals surface area contributed by atoms with Crippen LogP contribution in [-0.4, -0.2) is 27.6 Å². The van der Waals surface area contributed by atoms with Crippen LogP contribution in [-0.2, 0) is 21.3 Å². The highest BCUT2D eigenvalue weighted by molar-refractivity contribution is 9.10. The van der Waals surface area contributed by atoms with Gasteiger partial charge in [0, 0.05) is 15.3 Å². The summed E-state index contributed by atoms with van der Waals surface area (Å²) in [5.74, 6) is -0.353. The summed E-state index contributed by atoms with van der Waals surface area (Å²) < 4.78 is 18.1. The van der Waals surface area contributed by atoms with E-state index in [2.05, 4.69) is 15.9 Å². The summed E-state index contributed by atoms with van der Waals surface area (Å²) in [5, 5.41) is 8.27. The van der Waals surface area contributed by atoms with Crippen LogP contribution in [0.15, 0.2) is 22.7 Å². The van der Waals surface area contributed by atoms with Gasteiger partial charge in [-0.2, -0.15) is 0 Å². The van der Waals surface area contributed by atoms with E-state index >= 15 is 0 Å². The summed E-state index contributed by atoms with van der Waals surface area (Å²) in [6.07, 6.45) is 0. The lowest BCUT2D eigenvalue weighted by Crippen LogP contribution is -2.31. The Morgan fingerprint density at radius 2 is 2.11 bits per heavy atom. The molecular weight excluding hydrogens is 332 g/mol. The van der Waals surface area contributed by atoms with Crippen LogP contribution in [0.1, 0.15) is 19.4 Å². The van der Waals surface area contributed by atoms with Crippen LogP contribution >= 0.6 is 15.9 Å². The number of carboxylic acid groups (broad SMARTS) is 1. The number of carbonyl (C=O) groups is 1. The van der Waals surface area contributed by atoms with Crippen LogP contribution in [0.2, 0.25) is 0 Å². The average Bonchev–Trinajstić information content (AvgIpc) is 2.30. The van der Waals surface area contributed by atoms with Gasteiger partial charge in [-0.3, -0.25) is 9.00 Å². The summed E-state index contributed by atoms with van der Waals surface area (Å²) in [4.78, 5) is 11.2. The maximum Gasteiger partial charge on any atom is 0.319 e. The molecule has 1 aromatic rings. The molecule has 0 aliphatic heterocycles. The Morgan fingerprint density at radius 1 is 1.47 bits per heavy atom. The molecule has 1 aromatic carbocycles. The predicted octanol–water partition coefficient (Wildman–Crippen LogP) is 2.82. The summed E-state index contributed by atoms with van der Waals surface area (Å²) in [7, 11) is 0.0791. The van der Waals surface area contributed by atoms with Crippen LogP contribution in [0.25, 0.3) is 0 Å². The van der Waals surface area contributed by atoms with Crippen LogP contribution in [0.3, 0.4) is 0 Å². The molecule has 0 aliphatic rings. The first-order chi connectivity index (χ1) is 8.86. The van der Waals surface area contributed by atoms with Gasteiger partial charge in [0.2, 0.25) is 0 Å². The van der Waals surface area contributed by atoms with E-state index < -0.39 is 22.0 Å². The molecule has 0 aliphatic carbocycles. The van der Waals surface area contributed by atoms with Gasteiger partial charge in [-0.1, -0.05) is 29.8 Å². The number of hydrogen-bond acceptors (Lipinski definition) is 3. The fraction of sp³-hybridized carbons (Fsp3) is 0.462. The molecule has 4 nitrogen and oxygen atoms in total. The third-order valence-corrected chi connectivity index (χ3v) is 5.36. The van der Waals surface area contributed by atoms with Gasteiger partial charge in [0.1, 0.15) is 11.0 Å². The molecule has 0 bridgehead atoms. The molecule has 0 radical (unpaired) electrons. The maximum atomic E-state index is 12.2. The molecule has 0 amide bonds. The van der Waals surface area contributed by atoms with E-state index in [0.29, 0.717) is 5.75 Å². The van der Waals surface area contributed by atoms with Gasteiger partial charge < -0.3 is 9.84 Å². The number of carboxylic acids is 1. The van der Waals surface area contributed by atoms with Gasteiger partial charge in [0.25, 0.3) is 0 Å². The van der Waals surface area contributed by atoms with E-state index in [9.17, 15) is 9.00 Å². The van der Waals surface area contributed by atoms with Gasteiger partial charge in [0.05, 0.1) is 12.9 Å². The Labute approximate surface area is 123 Å². The Morgan fingerprint density at radius 3 is 2.58 bits per heavy atom. The Bertz CT molecular complexity index is 488. The largest absolute Gasteiger partial charge is 0.497 e. The van der Waals surface area contributed by atoms with Crippen molar-refractivity contribution in [3.8, 4) is 5.75 Å². The normalized spacial score (nSPS) is 14.2. The fourth-order valence-electron chi connectivity index (χ4n) is 1.73. The summed E-state index contributed by atoms with van der Waals surface area (Å²) >= 11 is 3.37. The van der Waals surface area contributed by atoms with Crippen molar-refractivity contribution in [2.75, 3.05) is 7.11 Å². The minimum absolute atomic E-state index is 0.178. The quantitative estimate of drug-likeness (QED) is 0.858. The number of rotatable bonds is 6. The predicted molar refractivity (Wildman–Crippen MR) is 78.8 cm³/mol. The zero-order valence-electron chi connectivity index (χ0n) is 11.1. The first kappa shape index (κ1) is 16.2. The smallest absolute Gasteiger partial charge is 0.319 e. The molecule has 2 unspecified atom stereocenters. The molecule has 106 valence electrons. The zero-order valence-corrected chi connectivity index (χ0v) is 13.5. The van der Waals surface area contributed by atoms with E-state index in [-0.39, 0.29) is 11.7 Å². The van der Waals surface area contributed by atoms with Crippen molar-refractivity contribution in [2.45, 2.75) is 24.9 Å². The molecule has 2 atom stereocenters. The number of aliphatic carboxylic acids is 1. The van der Waals surface area contributed by atoms with Crippen molar-refractivity contribution in [3.63, 3.8) is 0 Å². The Hall–Kier alpha value is -0.880. The van der Waals surface area contributed by atoms with E-state index in [1.807, 2.05) is 0 Å². The number of methoxy groups -OCH3 is 1. The van der Waals surface area contributed by atoms with Crippen LogP contribution < -0.4 is 4.74 Å². The molecule has 0 saturated carbocycles. The lowest BCUT2D eigenvalue weighted by atomic mass is 10.1. The van der Waals surface area contributed by atoms with Gasteiger partial charge in [-0.25, -0.2) is 0 Å². The van der Waals surface area contributed by atoms with Crippen molar-refractivity contribution in [1.82, 2.24) is 0 Å². The second-order valence-corrected chi connectivity index (χ2v) is 6.90. The third-order valence-electron chi connectivity index (χ3n) is 2.68. The second-order valence-electron chi connectivity index (χ2n) is 4.49. The molecule has 19 heavy (non-hydrogen) atoms. The first-order valence-corrected chi connectivity index (χ1v) is 7.96. The minimum Gasteiger partial charge on any atom is -0.497 e. The maximum absolute atomic E-state index is 12.2. The Kier molecular flexibility index (Phi) is 6.00. The van der Waals surface area contributed by atoms with Crippen molar-refractivity contribution < 1.29 is 18.8 Å². The van der Waals surface area contributed by atoms with Crippen molar-refractivity contribution in [1.29, 1.82) is 0 Å². The van der Waals surface area contributed by atoms with Gasteiger partial charge in [-0.05, 0) is 29.7 Å². The van der Waals surface area contributed by atoms with Crippen molar-refractivity contribution >= 4 is 32.7 Å². The van der Waals surface area contributed by atoms with Crippen LogP contribution in [0, 0.1) is 5.92 Å². The van der Waals surface area contributed by atoms with Crippen LogP contribution in [0.5, 0.6) is 5.75 Å². The fourth-order valence-corrected chi connectivity index (χ4v) is 3.86. The molecule has 6 heteroatoms. The topological polar surface area (TPSA) is 63.6 Å². The van der Waals surface area contributed by atoms with Crippen molar-refractivity contribution in [2.24, 2.45) is 5.92 Å². The highest BCUT2D eigenvalue weighted by atomic mass is 79.9. The van der Waals surface area contributed by atoms with E-state index in [1.165, 1.54) is 0 Å². The molecule has 0 aromatic heterocycles. The lowest BCUT2D eigenvalue weighted by Gasteiger charge is -2.16. The Balaban J connectivity index is 2.95. The van der Waals surface area contributed by atoms with E-state index in [1.54, 1.807) is 39.2 Å². The zero-order chi connectivity index (χ0) is 14.6. The van der Waals surface area contributed by atoms with E-state index in [4.69, 9.17) is 9.84 Å². The first-order valence-electron chi connectivity index (χ1n) is 5.79. The van der Waals surface area contributed by atoms with Crippen molar-refractivity contribution in [3.05, 3.63) is 28.2 Å². The van der Waals surface area contributed by atoms with E-state index in [0.717, 1.165) is 10.0 Å². The van der Waals surface area contributed by atoms with Gasteiger partial charge >= 0.3 is 5.97 Å².